The normalized spacial score (nSPS) is 3.00. The van der Waals surface area contributed by atoms with Crippen molar-refractivity contribution in [1.29, 1.82) is 0 Å². The summed E-state index contributed by atoms with van der Waals surface area (Å²) in [4.78, 5) is 8.36. The molecule has 0 radical (unpaired) electrons. The first-order valence-corrected chi connectivity index (χ1v) is 0.494. The third-order valence-corrected chi connectivity index (χ3v) is 0. The molecular formula is CH4CaO2. The van der Waals surface area contributed by atoms with Crippen molar-refractivity contribution in [2.75, 3.05) is 0 Å². The molecule has 22 valence electrons. The molecule has 0 aromatic rings. The van der Waals surface area contributed by atoms with Gasteiger partial charge < -0.3 is 7.96 Å². The molecule has 0 amide bonds. The summed E-state index contributed by atoms with van der Waals surface area (Å²) < 4.78 is 0. The van der Waals surface area contributed by atoms with Gasteiger partial charge in [0.15, 0.2) is 0 Å². The molecule has 0 aliphatic heterocycles. The molecule has 0 bridgehead atoms. The summed E-state index contributed by atoms with van der Waals surface area (Å²) >= 11 is 0. The van der Waals surface area contributed by atoms with E-state index in [1.807, 2.05) is 0 Å². The molecule has 3 heteroatoms. The van der Waals surface area contributed by atoms with Crippen LogP contribution in [0.4, 0.5) is 0 Å². The Kier molecular flexibility index (Phi) is 20.5. The molecule has 0 aromatic carbocycles. The van der Waals surface area contributed by atoms with Crippen molar-refractivity contribution in [2.24, 2.45) is 0 Å². The van der Waals surface area contributed by atoms with Crippen molar-refractivity contribution in [3.05, 3.63) is 0 Å². The van der Waals surface area contributed by atoms with Crippen molar-refractivity contribution in [3.8, 4) is 0 Å². The molecule has 0 fully saturated rings. The Hall–Kier alpha value is 0.730. The van der Waals surface area contributed by atoms with Gasteiger partial charge in [0.25, 0.3) is 6.47 Å². The third-order valence-electron chi connectivity index (χ3n) is 0. The van der Waals surface area contributed by atoms with Gasteiger partial charge in [0, 0.05) is 0 Å². The molecule has 0 saturated carbocycles. The molecule has 0 saturated heterocycles. The van der Waals surface area contributed by atoms with Crippen molar-refractivity contribution in [3.63, 3.8) is 0 Å². The Morgan fingerprint density at radius 3 is 2.00 bits per heavy atom. The van der Waals surface area contributed by atoms with Crippen molar-refractivity contribution >= 4 is 44.2 Å². The molecule has 2 nitrogen and oxygen atoms in total. The minimum Gasteiger partial charge on any atom is -1.00 e. The van der Waals surface area contributed by atoms with Crippen LogP contribution in [0.15, 0.2) is 0 Å². The van der Waals surface area contributed by atoms with Gasteiger partial charge in [0.1, 0.15) is 0 Å². The van der Waals surface area contributed by atoms with E-state index in [-0.39, 0.29) is 47.1 Å². The molecule has 0 aromatic heterocycles. The van der Waals surface area contributed by atoms with Gasteiger partial charge in [-0.3, -0.25) is 4.79 Å². The molecule has 0 heterocycles. The Balaban J connectivity index is -0.00000000667. The molecule has 0 atom stereocenters. The maximum absolute atomic E-state index is 8.36. The van der Waals surface area contributed by atoms with E-state index in [1.165, 1.54) is 0 Å². The fraction of sp³-hybridized carbons (Fsp3) is 0. The minimum atomic E-state index is -0.250. The van der Waals surface area contributed by atoms with Gasteiger partial charge in [-0.25, -0.2) is 0 Å². The van der Waals surface area contributed by atoms with E-state index in [0.29, 0.717) is 0 Å². The first kappa shape index (κ1) is 8.83. The quantitative estimate of drug-likeness (QED) is 0.321. The predicted molar refractivity (Wildman–Crippen MR) is 16.7 cm³/mol. The van der Waals surface area contributed by atoms with E-state index in [9.17, 15) is 0 Å². The van der Waals surface area contributed by atoms with Crippen LogP contribution in [-0.2, 0) is 4.79 Å². The van der Waals surface area contributed by atoms with Gasteiger partial charge in [0.05, 0.1) is 0 Å². The summed E-state index contributed by atoms with van der Waals surface area (Å²) in [6, 6.07) is 0. The first-order valence-electron chi connectivity index (χ1n) is 0.494. The van der Waals surface area contributed by atoms with Crippen molar-refractivity contribution < 1.29 is 12.8 Å². The van der Waals surface area contributed by atoms with E-state index < -0.39 is 0 Å². The summed E-state index contributed by atoms with van der Waals surface area (Å²) in [6.07, 6.45) is 0. The molecule has 0 aliphatic rings. The maximum Gasteiger partial charge on any atom is 2.00 e. The molecule has 0 spiro atoms. The number of rotatable bonds is 0. The fourth-order valence-electron chi connectivity index (χ4n) is 0. The van der Waals surface area contributed by atoms with E-state index in [2.05, 4.69) is 0 Å². The Morgan fingerprint density at radius 2 is 2.00 bits per heavy atom. The van der Waals surface area contributed by atoms with Crippen LogP contribution >= 0.6 is 0 Å². The second-order valence-electron chi connectivity index (χ2n) is 0.105. The zero-order chi connectivity index (χ0) is 2.71. The largest absolute Gasteiger partial charge is 2.00 e. The van der Waals surface area contributed by atoms with Crippen molar-refractivity contribution in [2.45, 2.75) is 0 Å². The Labute approximate surface area is 56.8 Å². The van der Waals surface area contributed by atoms with Gasteiger partial charge in [-0.2, -0.15) is 0 Å². The second kappa shape index (κ2) is 9.29. The molecule has 0 unspecified atom stereocenters. The van der Waals surface area contributed by atoms with Crippen LogP contribution in [0.3, 0.4) is 0 Å². The van der Waals surface area contributed by atoms with Crippen LogP contribution in [0, 0.1) is 0 Å². The Bertz CT molecular complexity index is 19.0. The number of hydrogen-bond donors (Lipinski definition) is 1. The first-order chi connectivity index (χ1) is 1.41. The Morgan fingerprint density at radius 1 is 2.00 bits per heavy atom. The van der Waals surface area contributed by atoms with E-state index >= 15 is 0 Å². The van der Waals surface area contributed by atoms with Gasteiger partial charge in [-0.1, -0.05) is 0 Å². The maximum atomic E-state index is 8.36. The van der Waals surface area contributed by atoms with Crippen LogP contribution in [0.2, 0.25) is 0 Å². The van der Waals surface area contributed by atoms with Gasteiger partial charge >= 0.3 is 37.7 Å². The van der Waals surface area contributed by atoms with Crippen LogP contribution in [0.1, 0.15) is 2.85 Å². The van der Waals surface area contributed by atoms with Gasteiger partial charge in [-0.15, -0.1) is 0 Å². The number of hydrogen-bond acceptors (Lipinski definition) is 1. The summed E-state index contributed by atoms with van der Waals surface area (Å²) in [5.41, 5.74) is 0. The second-order valence-corrected chi connectivity index (χ2v) is 0.105. The average molecular weight is 88.1 g/mol. The smallest absolute Gasteiger partial charge is 1.00 e. The zero-order valence-electron chi connectivity index (χ0n) is 4.14. The molecule has 1 N–H and O–H groups in total. The van der Waals surface area contributed by atoms with E-state index in [4.69, 9.17) is 9.90 Å². The predicted octanol–water partition coefficient (Wildman–Crippen LogP) is -0.455. The van der Waals surface area contributed by atoms with Gasteiger partial charge in [-0.05, 0) is 0 Å². The van der Waals surface area contributed by atoms with Crippen LogP contribution in [-0.4, -0.2) is 49.3 Å². The molecular weight excluding hydrogens is 84.1 g/mol. The van der Waals surface area contributed by atoms with Crippen LogP contribution in [0.25, 0.3) is 0 Å². The summed E-state index contributed by atoms with van der Waals surface area (Å²) in [5, 5.41) is 6.89. The van der Waals surface area contributed by atoms with Crippen molar-refractivity contribution in [1.82, 2.24) is 0 Å². The minimum absolute atomic E-state index is 0. The van der Waals surface area contributed by atoms with Gasteiger partial charge in [0.2, 0.25) is 0 Å². The molecule has 4 heavy (non-hydrogen) atoms. The average Bonchev–Trinajstić information content (AvgIpc) is 0.918. The van der Waals surface area contributed by atoms with E-state index in [0.717, 1.165) is 0 Å². The molecule has 0 rings (SSSR count). The fourth-order valence-corrected chi connectivity index (χ4v) is 0. The summed E-state index contributed by atoms with van der Waals surface area (Å²) in [7, 11) is 0. The van der Waals surface area contributed by atoms with Crippen LogP contribution < -0.4 is 0 Å². The number of carboxylic acid groups (broad SMARTS) is 1. The molecule has 0 aliphatic carbocycles. The summed E-state index contributed by atoms with van der Waals surface area (Å²) in [5.74, 6) is 0. The van der Waals surface area contributed by atoms with Crippen LogP contribution in [0.5, 0.6) is 0 Å². The zero-order valence-corrected chi connectivity index (χ0v) is 4.35. The van der Waals surface area contributed by atoms with E-state index in [1.54, 1.807) is 0 Å². The SMILES string of the molecule is O=CO.[Ca+2].[H-].[H-]. The number of carbonyl (C=O) groups is 1. The third kappa shape index (κ3) is 15.3. The topological polar surface area (TPSA) is 37.3 Å². The monoisotopic (exact) mass is 88.0 g/mol. The summed E-state index contributed by atoms with van der Waals surface area (Å²) in [6.45, 7) is -0.250. The standard InChI is InChI=1S/CH2O2.Ca.2H/c2-1-3;;;/h1H,(H,2,3);;;/q;+2;2*-1.